The molecule has 4 rings (SSSR count). The molecule has 5 nitrogen and oxygen atoms in total. The van der Waals surface area contributed by atoms with Crippen LogP contribution in [0.5, 0.6) is 0 Å². The van der Waals surface area contributed by atoms with Gasteiger partial charge >= 0.3 is 0 Å². The normalized spacial score (nSPS) is 17.5. The number of tetrazole rings is 1. The molecule has 1 aliphatic heterocycles. The minimum absolute atomic E-state index is 0.810. The zero-order valence-corrected chi connectivity index (χ0v) is 13.5. The number of rotatable bonds is 2. The van der Waals surface area contributed by atoms with Crippen molar-refractivity contribution in [1.29, 1.82) is 0 Å². The minimum Gasteiger partial charge on any atom is -0.316 e. The molecule has 1 fully saturated rings. The van der Waals surface area contributed by atoms with E-state index in [9.17, 15) is 0 Å². The maximum atomic E-state index is 3.51. The SMILES string of the molecule is Cc1ccc(C[C@H]2CCCNC2)c2ccccc12.c1nn[nH]n1. The summed E-state index contributed by atoms with van der Waals surface area (Å²) >= 11 is 0. The van der Waals surface area contributed by atoms with Crippen molar-refractivity contribution in [2.75, 3.05) is 13.1 Å². The van der Waals surface area contributed by atoms with Crippen LogP contribution in [0.15, 0.2) is 42.7 Å². The first kappa shape index (κ1) is 15.6. The molecule has 2 heterocycles. The highest BCUT2D eigenvalue weighted by atomic mass is 15.5. The van der Waals surface area contributed by atoms with Crippen molar-refractivity contribution >= 4 is 10.8 Å². The number of aromatic nitrogens is 4. The fourth-order valence-corrected chi connectivity index (χ4v) is 3.23. The Kier molecular flexibility index (Phi) is 5.32. The molecule has 0 aliphatic carbocycles. The van der Waals surface area contributed by atoms with E-state index in [1.165, 1.54) is 60.6 Å². The monoisotopic (exact) mass is 309 g/mol. The van der Waals surface area contributed by atoms with E-state index >= 15 is 0 Å². The maximum absolute atomic E-state index is 3.51. The van der Waals surface area contributed by atoms with Crippen molar-refractivity contribution in [2.24, 2.45) is 5.92 Å². The number of hydrogen-bond donors (Lipinski definition) is 2. The second kappa shape index (κ2) is 7.83. The van der Waals surface area contributed by atoms with Gasteiger partial charge in [-0.2, -0.15) is 5.21 Å². The third-order valence-corrected chi connectivity index (χ3v) is 4.41. The topological polar surface area (TPSA) is 66.5 Å². The van der Waals surface area contributed by atoms with Crippen LogP contribution in [0.1, 0.15) is 24.0 Å². The van der Waals surface area contributed by atoms with Gasteiger partial charge in [0.1, 0.15) is 0 Å². The quantitative estimate of drug-likeness (QED) is 0.764. The van der Waals surface area contributed by atoms with Gasteiger partial charge < -0.3 is 5.32 Å². The van der Waals surface area contributed by atoms with Crippen LogP contribution in [0, 0.1) is 12.8 Å². The summed E-state index contributed by atoms with van der Waals surface area (Å²) in [6.45, 7) is 4.58. The first-order valence-electron chi connectivity index (χ1n) is 8.19. The van der Waals surface area contributed by atoms with Gasteiger partial charge in [0.05, 0.1) is 0 Å². The van der Waals surface area contributed by atoms with Gasteiger partial charge in [0.25, 0.3) is 0 Å². The fraction of sp³-hybridized carbons (Fsp3) is 0.389. The number of aromatic amines is 1. The number of H-pyrrole nitrogens is 1. The molecule has 5 heteroatoms. The Morgan fingerprint density at radius 3 is 2.65 bits per heavy atom. The van der Waals surface area contributed by atoms with E-state index < -0.39 is 0 Å². The van der Waals surface area contributed by atoms with E-state index in [2.05, 4.69) is 69.3 Å². The van der Waals surface area contributed by atoms with Gasteiger partial charge in [-0.05, 0) is 67.1 Å². The zero-order chi connectivity index (χ0) is 15.9. The molecule has 1 saturated heterocycles. The van der Waals surface area contributed by atoms with E-state index in [0.29, 0.717) is 0 Å². The van der Waals surface area contributed by atoms with Crippen molar-refractivity contribution in [3.8, 4) is 0 Å². The predicted octanol–water partition coefficient (Wildman–Crippen LogP) is 2.89. The van der Waals surface area contributed by atoms with E-state index in [1.807, 2.05) is 0 Å². The summed E-state index contributed by atoms with van der Waals surface area (Å²) < 4.78 is 0. The largest absolute Gasteiger partial charge is 0.316 e. The average molecular weight is 309 g/mol. The molecule has 3 aromatic rings. The molecule has 1 atom stereocenters. The van der Waals surface area contributed by atoms with Crippen LogP contribution in [0.4, 0.5) is 0 Å². The van der Waals surface area contributed by atoms with Gasteiger partial charge in [-0.25, -0.2) is 0 Å². The van der Waals surface area contributed by atoms with Gasteiger partial charge in [-0.3, -0.25) is 0 Å². The number of benzene rings is 2. The number of piperidine rings is 1. The molecule has 120 valence electrons. The Balaban J connectivity index is 0.000000267. The Morgan fingerprint density at radius 2 is 2.00 bits per heavy atom. The summed E-state index contributed by atoms with van der Waals surface area (Å²) in [7, 11) is 0. The fourth-order valence-electron chi connectivity index (χ4n) is 3.23. The van der Waals surface area contributed by atoms with Crippen LogP contribution < -0.4 is 5.32 Å². The summed E-state index contributed by atoms with van der Waals surface area (Å²) in [6.07, 6.45) is 5.25. The number of fused-ring (bicyclic) bond motifs is 1. The van der Waals surface area contributed by atoms with Crippen LogP contribution in [0.2, 0.25) is 0 Å². The third kappa shape index (κ3) is 4.13. The second-order valence-electron chi connectivity index (χ2n) is 6.06. The molecule has 2 N–H and O–H groups in total. The summed E-state index contributed by atoms with van der Waals surface area (Å²) in [6, 6.07) is 13.4. The Labute approximate surface area is 136 Å². The molecule has 0 spiro atoms. The van der Waals surface area contributed by atoms with E-state index in [0.717, 1.165) is 5.92 Å². The van der Waals surface area contributed by atoms with E-state index in [1.54, 1.807) is 0 Å². The molecule has 0 amide bonds. The van der Waals surface area contributed by atoms with E-state index in [-0.39, 0.29) is 0 Å². The minimum atomic E-state index is 0.810. The standard InChI is InChI=1S/C17H21N.CH2N4/c1-13-8-9-15(11-14-5-4-10-18-12-14)17-7-3-2-6-16(13)17;1-2-4-5-3-1/h2-3,6-9,14,18H,4-5,10-12H2,1H3;1H,(H,2,3,4,5)/t14-;/m1./s1. The summed E-state index contributed by atoms with van der Waals surface area (Å²) in [5.41, 5.74) is 2.90. The highest BCUT2D eigenvalue weighted by Gasteiger charge is 2.14. The molecule has 0 unspecified atom stereocenters. The molecular weight excluding hydrogens is 286 g/mol. The van der Waals surface area contributed by atoms with Gasteiger partial charge in [0.2, 0.25) is 0 Å². The summed E-state index contributed by atoms with van der Waals surface area (Å²) in [4.78, 5) is 0. The molecule has 2 aromatic carbocycles. The van der Waals surface area contributed by atoms with Crippen molar-refractivity contribution in [2.45, 2.75) is 26.2 Å². The lowest BCUT2D eigenvalue weighted by Gasteiger charge is -2.23. The summed E-state index contributed by atoms with van der Waals surface area (Å²) in [5.74, 6) is 0.810. The first-order valence-corrected chi connectivity index (χ1v) is 8.19. The molecule has 0 radical (unpaired) electrons. The Bertz CT molecular complexity index is 700. The molecule has 0 bridgehead atoms. The highest BCUT2D eigenvalue weighted by Crippen LogP contribution is 2.26. The number of hydrogen-bond acceptors (Lipinski definition) is 4. The Hall–Kier alpha value is -2.27. The predicted molar refractivity (Wildman–Crippen MR) is 92.2 cm³/mol. The van der Waals surface area contributed by atoms with Crippen molar-refractivity contribution in [3.63, 3.8) is 0 Å². The van der Waals surface area contributed by atoms with Crippen LogP contribution in [0.25, 0.3) is 10.8 Å². The lowest BCUT2D eigenvalue weighted by atomic mass is 9.89. The van der Waals surface area contributed by atoms with Crippen molar-refractivity contribution in [3.05, 3.63) is 53.9 Å². The van der Waals surface area contributed by atoms with Gasteiger partial charge in [0.15, 0.2) is 6.33 Å². The zero-order valence-electron chi connectivity index (χ0n) is 13.5. The number of nitrogens with one attached hydrogen (secondary N) is 2. The first-order chi connectivity index (χ1) is 11.3. The van der Waals surface area contributed by atoms with Gasteiger partial charge in [-0.15, -0.1) is 10.2 Å². The van der Waals surface area contributed by atoms with Gasteiger partial charge in [0, 0.05) is 0 Å². The lowest BCUT2D eigenvalue weighted by Crippen LogP contribution is -2.30. The average Bonchev–Trinajstić information content (AvgIpc) is 3.19. The Morgan fingerprint density at radius 1 is 1.13 bits per heavy atom. The van der Waals surface area contributed by atoms with Crippen LogP contribution in [-0.2, 0) is 6.42 Å². The number of aryl methyl sites for hydroxylation is 1. The molecular formula is C18H23N5. The van der Waals surface area contributed by atoms with Crippen molar-refractivity contribution in [1.82, 2.24) is 25.9 Å². The van der Waals surface area contributed by atoms with Crippen molar-refractivity contribution < 1.29 is 0 Å². The van der Waals surface area contributed by atoms with Crippen LogP contribution >= 0.6 is 0 Å². The molecule has 1 aromatic heterocycles. The van der Waals surface area contributed by atoms with E-state index in [4.69, 9.17) is 0 Å². The smallest absolute Gasteiger partial charge is 0.161 e. The third-order valence-electron chi connectivity index (χ3n) is 4.41. The van der Waals surface area contributed by atoms with Crippen LogP contribution in [-0.4, -0.2) is 33.7 Å². The maximum Gasteiger partial charge on any atom is 0.161 e. The lowest BCUT2D eigenvalue weighted by molar-refractivity contribution is 0.377. The highest BCUT2D eigenvalue weighted by molar-refractivity contribution is 5.88. The molecule has 23 heavy (non-hydrogen) atoms. The van der Waals surface area contributed by atoms with Crippen LogP contribution in [0.3, 0.4) is 0 Å². The molecule has 1 aliphatic rings. The summed E-state index contributed by atoms with van der Waals surface area (Å²) in [5, 5.41) is 18.5. The molecule has 0 saturated carbocycles. The van der Waals surface area contributed by atoms with Gasteiger partial charge in [-0.1, -0.05) is 41.6 Å². The second-order valence-corrected chi connectivity index (χ2v) is 6.06. The number of nitrogens with zero attached hydrogens (tertiary/aromatic N) is 3.